The van der Waals surface area contributed by atoms with Gasteiger partial charge in [-0.3, -0.25) is 37.0 Å². The number of ether oxygens (including phenoxy) is 2. The number of aromatic nitrogens is 8. The highest BCUT2D eigenvalue weighted by molar-refractivity contribution is 7.47. The summed E-state index contributed by atoms with van der Waals surface area (Å²) in [6.45, 7) is -1.65. The Bertz CT molecular complexity index is 1940. The van der Waals surface area contributed by atoms with Crippen molar-refractivity contribution in [1.82, 2.24) is 39.0 Å². The Morgan fingerprint density at radius 3 is 1.93 bits per heavy atom. The summed E-state index contributed by atoms with van der Waals surface area (Å²) < 4.78 is 61.2. The molecule has 23 nitrogen and oxygen atoms in total. The van der Waals surface area contributed by atoms with Crippen molar-refractivity contribution < 1.29 is 56.7 Å². The molecule has 3 aliphatic rings. The van der Waals surface area contributed by atoms with Crippen LogP contribution in [0.15, 0.2) is 23.8 Å². The number of aromatic amines is 1. The van der Waals surface area contributed by atoms with Gasteiger partial charge in [-0.15, -0.1) is 0 Å². The lowest BCUT2D eigenvalue weighted by atomic mass is 10.1. The summed E-state index contributed by atoms with van der Waals surface area (Å²) >= 11 is 0. The van der Waals surface area contributed by atoms with Crippen LogP contribution in [0.25, 0.3) is 22.3 Å². The lowest BCUT2D eigenvalue weighted by Crippen LogP contribution is -2.38. The molecule has 4 aromatic rings. The number of hydrogen-bond acceptors (Lipinski definition) is 18. The molecule has 0 radical (unpaired) electrons. The molecule has 3 aliphatic heterocycles. The van der Waals surface area contributed by atoms with E-state index in [0.717, 1.165) is 17.2 Å². The molecule has 7 heterocycles. The number of nitrogens with two attached hydrogens (primary N) is 2. The third-order valence-corrected chi connectivity index (χ3v) is 9.30. The molecule has 0 spiro atoms. The van der Waals surface area contributed by atoms with Crippen molar-refractivity contribution in [3.63, 3.8) is 0 Å². The van der Waals surface area contributed by atoms with E-state index in [9.17, 15) is 33.9 Å². The van der Waals surface area contributed by atoms with Crippen molar-refractivity contribution in [2.45, 2.75) is 49.1 Å². The molecule has 7 rings (SSSR count). The minimum Gasteiger partial charge on any atom is -0.387 e. The summed E-state index contributed by atoms with van der Waals surface area (Å²) in [5, 5.41) is 22.1. The van der Waals surface area contributed by atoms with E-state index in [4.69, 9.17) is 39.0 Å². The lowest BCUT2D eigenvalue weighted by molar-refractivity contribution is -0.0675. The average molecular weight is 674 g/mol. The second-order valence-electron chi connectivity index (χ2n) is 10.1. The zero-order valence-electron chi connectivity index (χ0n) is 22.4. The Morgan fingerprint density at radius 1 is 0.822 bits per heavy atom. The lowest BCUT2D eigenvalue weighted by Gasteiger charge is -2.26. The second kappa shape index (κ2) is 10.8. The fraction of sp³-hybridized carbons (Fsp3) is 0.500. The maximum atomic E-state index is 13.2. The van der Waals surface area contributed by atoms with Gasteiger partial charge < -0.3 is 40.9 Å². The van der Waals surface area contributed by atoms with Crippen molar-refractivity contribution >= 4 is 49.7 Å². The maximum absolute atomic E-state index is 13.2. The van der Waals surface area contributed by atoms with Gasteiger partial charge in [-0.05, 0) is 0 Å². The van der Waals surface area contributed by atoms with Gasteiger partial charge in [0.05, 0.1) is 25.9 Å². The third kappa shape index (κ3) is 5.31. The molecule has 3 unspecified atom stereocenters. The SMILES string of the molecule is Nc1nc2c(ncn2[C@@H]2O[C@@H]3COP(=O)(O)O[C@@H]4C(O)[C@@H](COP(=O)(O)O[C@@H]2[C@@H]3O)O[C@H]4n2cnc3c(N)ncnc32)c(=O)[nH]1. The predicted molar refractivity (Wildman–Crippen MR) is 143 cm³/mol. The number of aliphatic hydroxyl groups excluding tert-OH is 2. The summed E-state index contributed by atoms with van der Waals surface area (Å²) in [6, 6.07) is 0. The number of hydrogen-bond donors (Lipinski definition) is 7. The minimum absolute atomic E-state index is 0.0178. The molecule has 0 aliphatic carbocycles. The van der Waals surface area contributed by atoms with Gasteiger partial charge in [0.1, 0.15) is 48.5 Å². The normalized spacial score (nSPS) is 37.7. The van der Waals surface area contributed by atoms with Gasteiger partial charge in [0.2, 0.25) is 5.95 Å². The third-order valence-electron chi connectivity index (χ3n) is 7.33. The quantitative estimate of drug-likeness (QED) is 0.109. The summed E-state index contributed by atoms with van der Waals surface area (Å²) in [7, 11) is -10.2. The van der Waals surface area contributed by atoms with Crippen LogP contribution >= 0.6 is 15.6 Å². The molecule has 0 aromatic carbocycles. The van der Waals surface area contributed by atoms with E-state index in [1.165, 1.54) is 10.9 Å². The number of phosphoric acid groups is 2. The highest BCUT2D eigenvalue weighted by Crippen LogP contribution is 2.53. The number of nitrogens with zero attached hydrogens (tertiary/aromatic N) is 7. The number of rotatable bonds is 2. The molecule has 9 N–H and O–H groups in total. The zero-order chi connectivity index (χ0) is 31.8. The van der Waals surface area contributed by atoms with Crippen LogP contribution in [0, 0.1) is 0 Å². The number of phosphoric ester groups is 2. The first-order valence-corrected chi connectivity index (χ1v) is 15.9. The van der Waals surface area contributed by atoms with Crippen molar-refractivity contribution in [2.24, 2.45) is 0 Å². The minimum atomic E-state index is -5.09. The Hall–Kier alpha value is -3.44. The highest BCUT2D eigenvalue weighted by Gasteiger charge is 2.54. The van der Waals surface area contributed by atoms with E-state index in [-0.39, 0.29) is 34.1 Å². The number of nitrogen functional groups attached to an aromatic ring is 2. The van der Waals surface area contributed by atoms with Crippen LogP contribution in [0.1, 0.15) is 12.5 Å². The number of imidazole rings is 2. The first-order valence-electron chi connectivity index (χ1n) is 13.0. The molecular formula is C20H24N10O13P2. The highest BCUT2D eigenvalue weighted by atomic mass is 31.2. The fourth-order valence-corrected chi connectivity index (χ4v) is 7.14. The number of fused-ring (bicyclic) bond motifs is 6. The number of aliphatic hydroxyl groups is 2. The van der Waals surface area contributed by atoms with Gasteiger partial charge in [-0.25, -0.2) is 29.1 Å². The topological polar surface area (TPSA) is 330 Å². The fourth-order valence-electron chi connectivity index (χ4n) is 5.28. The van der Waals surface area contributed by atoms with Gasteiger partial charge in [0.15, 0.2) is 35.1 Å². The largest absolute Gasteiger partial charge is 0.472 e. The Balaban J connectivity index is 1.23. The van der Waals surface area contributed by atoms with Crippen LogP contribution in [0.5, 0.6) is 0 Å². The second-order valence-corrected chi connectivity index (χ2v) is 13.0. The van der Waals surface area contributed by atoms with Crippen LogP contribution in [0.4, 0.5) is 11.8 Å². The standard InChI is InChI=1S/C20H24N10O13P2/c21-14-8-15(24-3-23-14)29(4-25-8)18-12-10(31)6(40-18)1-38-45(36,37)43-13-11(32)7(2-39-44(34,35)42-12)41-19(13)30-5-26-9-16(30)27-20(22)28-17(9)33/h3-7,10-13,18-19,31-32H,1-2H2,(H,34,35)(H,36,37)(H2,21,23,24)(H3,22,27,28,33)/t6-,7-,10?,11-,12-,13-,18-,19-/m1/s1. The summed E-state index contributed by atoms with van der Waals surface area (Å²) in [4.78, 5) is 55.8. The first-order chi connectivity index (χ1) is 21.3. The molecule has 242 valence electrons. The number of nitrogens with one attached hydrogen (secondary N) is 1. The van der Waals surface area contributed by atoms with E-state index in [2.05, 4.69) is 29.9 Å². The molecule has 10 atom stereocenters. The van der Waals surface area contributed by atoms with Crippen molar-refractivity contribution in [2.75, 3.05) is 24.7 Å². The first kappa shape index (κ1) is 30.2. The molecule has 0 amide bonds. The molecule has 25 heteroatoms. The summed E-state index contributed by atoms with van der Waals surface area (Å²) in [5.41, 5.74) is 10.8. The predicted octanol–water partition coefficient (Wildman–Crippen LogP) is -2.34. The van der Waals surface area contributed by atoms with Crippen molar-refractivity contribution in [3.8, 4) is 0 Å². The zero-order valence-corrected chi connectivity index (χ0v) is 24.2. The Labute approximate surface area is 248 Å². The molecule has 45 heavy (non-hydrogen) atoms. The molecular weight excluding hydrogens is 650 g/mol. The number of anilines is 2. The van der Waals surface area contributed by atoms with Gasteiger partial charge in [0, 0.05) is 0 Å². The van der Waals surface area contributed by atoms with Crippen LogP contribution in [0.3, 0.4) is 0 Å². The smallest absolute Gasteiger partial charge is 0.387 e. The molecule has 3 saturated heterocycles. The monoisotopic (exact) mass is 674 g/mol. The van der Waals surface area contributed by atoms with Gasteiger partial charge in [-0.1, -0.05) is 0 Å². The van der Waals surface area contributed by atoms with E-state index < -0.39 is 83.5 Å². The van der Waals surface area contributed by atoms with Gasteiger partial charge in [-0.2, -0.15) is 4.98 Å². The van der Waals surface area contributed by atoms with Gasteiger partial charge in [0.25, 0.3) is 5.56 Å². The van der Waals surface area contributed by atoms with E-state index in [1.54, 1.807) is 0 Å². The summed E-state index contributed by atoms with van der Waals surface area (Å²) in [6.07, 6.45) is -9.33. The average Bonchev–Trinajstić information content (AvgIpc) is 3.72. The van der Waals surface area contributed by atoms with E-state index in [0.29, 0.717) is 0 Å². The van der Waals surface area contributed by atoms with Crippen LogP contribution < -0.4 is 17.0 Å². The van der Waals surface area contributed by atoms with Crippen LogP contribution in [-0.2, 0) is 36.7 Å². The molecule has 3 fully saturated rings. The Morgan fingerprint density at radius 2 is 1.36 bits per heavy atom. The van der Waals surface area contributed by atoms with E-state index in [1.807, 2.05) is 0 Å². The van der Waals surface area contributed by atoms with Gasteiger partial charge >= 0.3 is 15.6 Å². The Kier molecular flexibility index (Phi) is 7.27. The van der Waals surface area contributed by atoms with E-state index >= 15 is 0 Å². The molecule has 4 bridgehead atoms. The van der Waals surface area contributed by atoms with Crippen molar-refractivity contribution in [3.05, 3.63) is 29.3 Å². The molecule has 0 saturated carbocycles. The molecule has 4 aromatic heterocycles. The summed E-state index contributed by atoms with van der Waals surface area (Å²) in [5.74, 6) is -0.270. The maximum Gasteiger partial charge on any atom is 0.472 e. The number of H-pyrrole nitrogens is 1. The van der Waals surface area contributed by atoms with Crippen molar-refractivity contribution in [1.29, 1.82) is 0 Å². The van der Waals surface area contributed by atoms with Crippen LogP contribution in [0.2, 0.25) is 0 Å². The van der Waals surface area contributed by atoms with Crippen LogP contribution in [-0.4, -0.2) is 109 Å².